The predicted octanol–water partition coefficient (Wildman–Crippen LogP) is 2.58. The molecule has 0 bridgehead atoms. The summed E-state index contributed by atoms with van der Waals surface area (Å²) in [6.45, 7) is 1.47. The van der Waals surface area contributed by atoms with Gasteiger partial charge in [-0.2, -0.15) is 5.10 Å². The Balaban J connectivity index is 1.56. The van der Waals surface area contributed by atoms with Gasteiger partial charge in [0.15, 0.2) is 5.69 Å². The molecule has 1 aliphatic heterocycles. The van der Waals surface area contributed by atoms with Crippen LogP contribution in [0.3, 0.4) is 0 Å². The molecule has 1 aliphatic carbocycles. The number of halogens is 2. The van der Waals surface area contributed by atoms with E-state index in [2.05, 4.69) is 21.0 Å². The Labute approximate surface area is 147 Å². The van der Waals surface area contributed by atoms with Gasteiger partial charge in [0.1, 0.15) is 5.82 Å². The van der Waals surface area contributed by atoms with Crippen LogP contribution in [-0.4, -0.2) is 39.7 Å². The zero-order valence-corrected chi connectivity index (χ0v) is 14.6. The second kappa shape index (κ2) is 5.97. The maximum Gasteiger partial charge on any atom is 0.275 e. The van der Waals surface area contributed by atoms with Gasteiger partial charge in [-0.25, -0.2) is 9.07 Å². The fraction of sp³-hybridized carbons (Fsp3) is 0.412. The first-order valence-corrected chi connectivity index (χ1v) is 8.88. The average Bonchev–Trinajstić information content (AvgIpc) is 3.24. The summed E-state index contributed by atoms with van der Waals surface area (Å²) in [6, 6.07) is 6.20. The second-order valence-corrected chi connectivity index (χ2v) is 7.48. The number of carbonyl (C=O) groups excluding carboxylic acids is 1. The molecule has 2 N–H and O–H groups in total. The molecule has 3 atom stereocenters. The summed E-state index contributed by atoms with van der Waals surface area (Å²) in [6.07, 6.45) is 3.88. The number of benzene rings is 1. The molecule has 2 fully saturated rings. The van der Waals surface area contributed by atoms with Gasteiger partial charge in [0.05, 0.1) is 10.2 Å². The van der Waals surface area contributed by atoms with Crippen LogP contribution in [0.1, 0.15) is 23.3 Å². The molecule has 0 radical (unpaired) electrons. The Morgan fingerprint density at radius 2 is 2.00 bits per heavy atom. The minimum atomic E-state index is -0.304. The zero-order valence-electron chi connectivity index (χ0n) is 13.0. The van der Waals surface area contributed by atoms with Crippen LogP contribution in [0, 0.1) is 17.7 Å². The molecule has 1 saturated heterocycles. The second-order valence-electron chi connectivity index (χ2n) is 6.62. The topological polar surface area (TPSA) is 64.2 Å². The first kappa shape index (κ1) is 15.8. The lowest BCUT2D eigenvalue weighted by Gasteiger charge is -2.17. The van der Waals surface area contributed by atoms with Gasteiger partial charge in [-0.3, -0.25) is 4.79 Å². The number of hydrogen-bond acceptors (Lipinski definition) is 3. The van der Waals surface area contributed by atoms with Gasteiger partial charge in [-0.1, -0.05) is 0 Å². The standard InChI is InChI=1S/C17H18BrFN4O/c18-14-9-23(12-4-2-11(19)3-5-12)21-16(14)17(24)22-7-10-1-6-15(20)13(10)8-22/h2-5,9-10,13,15H,1,6-8,20H2. The van der Waals surface area contributed by atoms with Crippen LogP contribution >= 0.6 is 15.9 Å². The van der Waals surface area contributed by atoms with Crippen LogP contribution < -0.4 is 5.73 Å². The highest BCUT2D eigenvalue weighted by atomic mass is 79.9. The summed E-state index contributed by atoms with van der Waals surface area (Å²) in [5.74, 6) is 0.541. The summed E-state index contributed by atoms with van der Waals surface area (Å²) >= 11 is 3.42. The van der Waals surface area contributed by atoms with Crippen molar-refractivity contribution in [1.82, 2.24) is 14.7 Å². The molecule has 7 heteroatoms. The van der Waals surface area contributed by atoms with Crippen molar-refractivity contribution in [2.24, 2.45) is 17.6 Å². The minimum absolute atomic E-state index is 0.0793. The number of rotatable bonds is 2. The lowest BCUT2D eigenvalue weighted by molar-refractivity contribution is 0.0772. The van der Waals surface area contributed by atoms with E-state index in [1.165, 1.54) is 12.1 Å². The van der Waals surface area contributed by atoms with Crippen molar-refractivity contribution in [1.29, 1.82) is 0 Å². The van der Waals surface area contributed by atoms with Crippen LogP contribution in [0.2, 0.25) is 0 Å². The number of hydrogen-bond donors (Lipinski definition) is 1. The largest absolute Gasteiger partial charge is 0.337 e. The number of aromatic nitrogens is 2. The van der Waals surface area contributed by atoms with Crippen LogP contribution in [0.25, 0.3) is 5.69 Å². The molecule has 2 aliphatic rings. The average molecular weight is 393 g/mol. The molecule has 1 aromatic heterocycles. The van der Waals surface area contributed by atoms with Gasteiger partial charge in [-0.05, 0) is 64.9 Å². The number of amides is 1. The van der Waals surface area contributed by atoms with E-state index in [-0.39, 0.29) is 17.8 Å². The van der Waals surface area contributed by atoms with Crippen molar-refractivity contribution in [3.8, 4) is 5.69 Å². The Bertz CT molecular complexity index is 775. The summed E-state index contributed by atoms with van der Waals surface area (Å²) in [4.78, 5) is 14.7. The number of likely N-dealkylation sites (tertiary alicyclic amines) is 1. The monoisotopic (exact) mass is 392 g/mol. The van der Waals surface area contributed by atoms with Crippen LogP contribution in [-0.2, 0) is 0 Å². The number of nitrogens with zero attached hydrogens (tertiary/aromatic N) is 3. The van der Waals surface area contributed by atoms with Crippen molar-refractivity contribution in [3.63, 3.8) is 0 Å². The van der Waals surface area contributed by atoms with Gasteiger partial charge >= 0.3 is 0 Å². The maximum atomic E-state index is 13.1. The molecular weight excluding hydrogens is 375 g/mol. The molecule has 2 heterocycles. The third-order valence-corrected chi connectivity index (χ3v) is 5.74. The summed E-state index contributed by atoms with van der Waals surface area (Å²) in [5, 5.41) is 4.39. The first-order chi connectivity index (χ1) is 11.5. The van der Waals surface area contributed by atoms with Crippen LogP contribution in [0.15, 0.2) is 34.9 Å². The normalized spacial score (nSPS) is 26.0. The Morgan fingerprint density at radius 3 is 2.71 bits per heavy atom. The van der Waals surface area contributed by atoms with Crippen LogP contribution in [0.5, 0.6) is 0 Å². The lowest BCUT2D eigenvalue weighted by atomic mass is 9.98. The SMILES string of the molecule is NC1CCC2CN(C(=O)c3nn(-c4ccc(F)cc4)cc3Br)CC12. The Hall–Kier alpha value is -1.73. The highest BCUT2D eigenvalue weighted by molar-refractivity contribution is 9.10. The maximum absolute atomic E-state index is 13.1. The molecule has 2 aromatic rings. The smallest absolute Gasteiger partial charge is 0.275 e. The van der Waals surface area contributed by atoms with Gasteiger partial charge in [0.25, 0.3) is 5.91 Å². The first-order valence-electron chi connectivity index (χ1n) is 8.09. The molecule has 0 spiro atoms. The van der Waals surface area contributed by atoms with E-state index in [0.717, 1.165) is 19.4 Å². The van der Waals surface area contributed by atoms with Gasteiger partial charge < -0.3 is 10.6 Å². The minimum Gasteiger partial charge on any atom is -0.337 e. The summed E-state index contributed by atoms with van der Waals surface area (Å²) in [7, 11) is 0. The van der Waals surface area contributed by atoms with E-state index in [1.54, 1.807) is 23.0 Å². The van der Waals surface area contributed by atoms with Gasteiger partial charge in [0, 0.05) is 25.3 Å². The highest BCUT2D eigenvalue weighted by Crippen LogP contribution is 2.37. The lowest BCUT2D eigenvalue weighted by Crippen LogP contribution is -2.33. The number of nitrogens with two attached hydrogens (primary N) is 1. The third-order valence-electron chi connectivity index (χ3n) is 5.16. The summed E-state index contributed by atoms with van der Waals surface area (Å²) < 4.78 is 15.3. The van der Waals surface area contributed by atoms with E-state index in [9.17, 15) is 9.18 Å². The zero-order chi connectivity index (χ0) is 16.8. The highest BCUT2D eigenvalue weighted by Gasteiger charge is 2.43. The third kappa shape index (κ3) is 2.65. The van der Waals surface area contributed by atoms with Crippen molar-refractivity contribution in [2.45, 2.75) is 18.9 Å². The summed E-state index contributed by atoms with van der Waals surface area (Å²) in [5.41, 5.74) is 7.23. The van der Waals surface area contributed by atoms with Gasteiger partial charge in [-0.15, -0.1) is 0 Å². The number of fused-ring (bicyclic) bond motifs is 1. The molecule has 126 valence electrons. The Morgan fingerprint density at radius 1 is 1.25 bits per heavy atom. The van der Waals surface area contributed by atoms with E-state index in [0.29, 0.717) is 34.2 Å². The van der Waals surface area contributed by atoms with Gasteiger partial charge in [0.2, 0.25) is 0 Å². The van der Waals surface area contributed by atoms with E-state index in [4.69, 9.17) is 5.73 Å². The fourth-order valence-electron chi connectivity index (χ4n) is 3.85. The van der Waals surface area contributed by atoms with E-state index < -0.39 is 0 Å². The molecule has 1 aromatic carbocycles. The van der Waals surface area contributed by atoms with Crippen molar-refractivity contribution in [2.75, 3.05) is 13.1 Å². The van der Waals surface area contributed by atoms with Crippen LogP contribution in [0.4, 0.5) is 4.39 Å². The molecule has 3 unspecified atom stereocenters. The quantitative estimate of drug-likeness (QED) is 0.853. The van der Waals surface area contributed by atoms with E-state index in [1.807, 2.05) is 4.90 Å². The van der Waals surface area contributed by atoms with E-state index >= 15 is 0 Å². The Kier molecular flexibility index (Phi) is 3.92. The molecule has 24 heavy (non-hydrogen) atoms. The molecule has 1 amide bonds. The van der Waals surface area contributed by atoms with Crippen molar-refractivity contribution in [3.05, 3.63) is 46.4 Å². The van der Waals surface area contributed by atoms with Crippen molar-refractivity contribution >= 4 is 21.8 Å². The predicted molar refractivity (Wildman–Crippen MR) is 91.3 cm³/mol. The fourth-order valence-corrected chi connectivity index (χ4v) is 4.29. The molecule has 5 nitrogen and oxygen atoms in total. The molecule has 4 rings (SSSR count). The molecular formula is C17H18BrFN4O. The van der Waals surface area contributed by atoms with Crippen molar-refractivity contribution < 1.29 is 9.18 Å². The molecule has 1 saturated carbocycles. The number of carbonyl (C=O) groups is 1.